The molecule has 178 valence electrons. The van der Waals surface area contributed by atoms with Gasteiger partial charge in [-0.05, 0) is 61.0 Å². The Bertz CT molecular complexity index is 1310. The second-order valence-electron chi connectivity index (χ2n) is 7.48. The minimum atomic E-state index is -4.17. The summed E-state index contributed by atoms with van der Waals surface area (Å²) in [7, 11) is -1.26. The Kier molecular flexibility index (Phi) is 6.51. The van der Waals surface area contributed by atoms with E-state index in [9.17, 15) is 13.2 Å². The van der Waals surface area contributed by atoms with Crippen LogP contribution < -0.4 is 28.6 Å². The Labute approximate surface area is 197 Å². The number of amides is 1. The molecule has 0 fully saturated rings. The maximum Gasteiger partial charge on any atom is 0.268 e. The van der Waals surface area contributed by atoms with Crippen LogP contribution in [0.3, 0.4) is 0 Å². The molecule has 3 aromatic rings. The summed E-state index contributed by atoms with van der Waals surface area (Å²) in [5, 5.41) is 2.72. The highest BCUT2D eigenvalue weighted by molar-refractivity contribution is 7.93. The van der Waals surface area contributed by atoms with Gasteiger partial charge in [-0.3, -0.25) is 9.10 Å². The quantitative estimate of drug-likeness (QED) is 0.521. The number of rotatable bonds is 8. The van der Waals surface area contributed by atoms with Gasteiger partial charge in [-0.15, -0.1) is 0 Å². The summed E-state index contributed by atoms with van der Waals surface area (Å²) >= 11 is 0. The Balaban J connectivity index is 1.68. The fourth-order valence-electron chi connectivity index (χ4n) is 3.47. The SMILES string of the molecule is COc1ccc(N(CC(=O)Nc2ccc3c(c2)OCO3)S(=O)(=O)c2cc(C)ccc2OC)cc1. The lowest BCUT2D eigenvalue weighted by Crippen LogP contribution is -2.38. The van der Waals surface area contributed by atoms with Crippen LogP contribution in [0.1, 0.15) is 5.56 Å². The first kappa shape index (κ1) is 23.2. The van der Waals surface area contributed by atoms with Gasteiger partial charge in [-0.2, -0.15) is 0 Å². The summed E-state index contributed by atoms with van der Waals surface area (Å²) in [6.07, 6.45) is 0. The predicted molar refractivity (Wildman–Crippen MR) is 126 cm³/mol. The number of fused-ring (bicyclic) bond motifs is 1. The first-order valence-corrected chi connectivity index (χ1v) is 11.8. The van der Waals surface area contributed by atoms with Crippen molar-refractivity contribution < 1.29 is 32.2 Å². The van der Waals surface area contributed by atoms with Crippen LogP contribution >= 0.6 is 0 Å². The van der Waals surface area contributed by atoms with E-state index in [1.807, 2.05) is 0 Å². The van der Waals surface area contributed by atoms with Crippen molar-refractivity contribution in [3.8, 4) is 23.0 Å². The van der Waals surface area contributed by atoms with Gasteiger partial charge < -0.3 is 24.3 Å². The van der Waals surface area contributed by atoms with Gasteiger partial charge in [0.25, 0.3) is 10.0 Å². The number of benzene rings is 3. The van der Waals surface area contributed by atoms with Crippen molar-refractivity contribution in [3.63, 3.8) is 0 Å². The molecule has 0 aliphatic carbocycles. The van der Waals surface area contributed by atoms with Crippen molar-refractivity contribution in [3.05, 3.63) is 66.2 Å². The minimum Gasteiger partial charge on any atom is -0.497 e. The van der Waals surface area contributed by atoms with E-state index in [4.69, 9.17) is 18.9 Å². The number of aryl methyl sites for hydroxylation is 1. The molecule has 0 radical (unpaired) electrons. The lowest BCUT2D eigenvalue weighted by molar-refractivity contribution is -0.114. The van der Waals surface area contributed by atoms with Crippen LogP contribution in [0.15, 0.2) is 65.6 Å². The van der Waals surface area contributed by atoms with Crippen molar-refractivity contribution >= 4 is 27.3 Å². The molecule has 9 nitrogen and oxygen atoms in total. The maximum atomic E-state index is 13.8. The number of methoxy groups -OCH3 is 2. The van der Waals surface area contributed by atoms with Crippen LogP contribution in [0, 0.1) is 6.92 Å². The average Bonchev–Trinajstić information content (AvgIpc) is 3.30. The Morgan fingerprint density at radius 1 is 0.971 bits per heavy atom. The Morgan fingerprint density at radius 2 is 1.71 bits per heavy atom. The zero-order valence-corrected chi connectivity index (χ0v) is 19.7. The molecule has 0 aromatic heterocycles. The van der Waals surface area contributed by atoms with Crippen LogP contribution in [0.2, 0.25) is 0 Å². The Hall–Kier alpha value is -3.92. The molecule has 0 atom stereocenters. The molecular formula is C24H24N2O7S. The number of nitrogens with zero attached hydrogens (tertiary/aromatic N) is 1. The van der Waals surface area contributed by atoms with Crippen LogP contribution in [0.5, 0.6) is 23.0 Å². The van der Waals surface area contributed by atoms with E-state index in [2.05, 4.69) is 5.32 Å². The van der Waals surface area contributed by atoms with Gasteiger partial charge in [0.15, 0.2) is 11.5 Å². The van der Waals surface area contributed by atoms with Gasteiger partial charge in [0.1, 0.15) is 22.9 Å². The smallest absolute Gasteiger partial charge is 0.268 e. The van der Waals surface area contributed by atoms with Crippen LogP contribution in [0.25, 0.3) is 0 Å². The highest BCUT2D eigenvalue weighted by Crippen LogP contribution is 2.35. The average molecular weight is 485 g/mol. The molecule has 3 aromatic carbocycles. The second-order valence-corrected chi connectivity index (χ2v) is 9.31. The standard InChI is InChI=1S/C24H24N2O7S/c1-16-4-10-21(31-3)23(12-16)34(28,29)26(18-6-8-19(30-2)9-7-18)14-24(27)25-17-5-11-20-22(13-17)33-15-32-20/h4-13H,14-15H2,1-3H3,(H,25,27). The first-order valence-electron chi connectivity index (χ1n) is 10.3. The highest BCUT2D eigenvalue weighted by Gasteiger charge is 2.30. The van der Waals surface area contributed by atoms with Crippen molar-refractivity contribution in [1.29, 1.82) is 0 Å². The number of anilines is 2. The molecule has 4 rings (SSSR count). The molecule has 1 amide bonds. The van der Waals surface area contributed by atoms with Crippen LogP contribution in [-0.2, 0) is 14.8 Å². The third-order valence-electron chi connectivity index (χ3n) is 5.19. The predicted octanol–water partition coefficient (Wildman–Crippen LogP) is 3.57. The van der Waals surface area contributed by atoms with Crippen molar-refractivity contribution in [1.82, 2.24) is 0 Å². The highest BCUT2D eigenvalue weighted by atomic mass is 32.2. The van der Waals surface area contributed by atoms with E-state index in [0.717, 1.165) is 9.87 Å². The second kappa shape index (κ2) is 9.52. The van der Waals surface area contributed by atoms with Gasteiger partial charge in [-0.1, -0.05) is 6.07 Å². The van der Waals surface area contributed by atoms with Gasteiger partial charge in [0.05, 0.1) is 19.9 Å². The first-order chi connectivity index (χ1) is 16.3. The number of sulfonamides is 1. The van der Waals surface area contributed by atoms with Crippen molar-refractivity contribution in [2.75, 3.05) is 37.2 Å². The summed E-state index contributed by atoms with van der Waals surface area (Å²) in [6.45, 7) is 1.41. The van der Waals surface area contributed by atoms with E-state index in [-0.39, 0.29) is 17.4 Å². The molecule has 1 aliphatic heterocycles. The molecule has 10 heteroatoms. The summed E-state index contributed by atoms with van der Waals surface area (Å²) in [5.74, 6) is 1.28. The zero-order chi connectivity index (χ0) is 24.3. The van der Waals surface area contributed by atoms with E-state index >= 15 is 0 Å². The monoisotopic (exact) mass is 484 g/mol. The summed E-state index contributed by atoms with van der Waals surface area (Å²) in [4.78, 5) is 12.9. The molecule has 1 aliphatic rings. The molecule has 1 heterocycles. The van der Waals surface area contributed by atoms with E-state index < -0.39 is 22.5 Å². The van der Waals surface area contributed by atoms with Gasteiger partial charge >= 0.3 is 0 Å². The fourth-order valence-corrected chi connectivity index (χ4v) is 5.14. The molecule has 0 saturated heterocycles. The largest absolute Gasteiger partial charge is 0.497 e. The zero-order valence-electron chi connectivity index (χ0n) is 18.9. The molecular weight excluding hydrogens is 460 g/mol. The lowest BCUT2D eigenvalue weighted by atomic mass is 10.2. The third-order valence-corrected chi connectivity index (χ3v) is 6.99. The summed E-state index contributed by atoms with van der Waals surface area (Å²) in [5.41, 5.74) is 1.48. The third kappa shape index (κ3) is 4.72. The van der Waals surface area contributed by atoms with Gasteiger partial charge in [0.2, 0.25) is 12.7 Å². The maximum absolute atomic E-state index is 13.8. The van der Waals surface area contributed by atoms with E-state index in [0.29, 0.717) is 28.6 Å². The van der Waals surface area contributed by atoms with Crippen LogP contribution in [0.4, 0.5) is 11.4 Å². The van der Waals surface area contributed by atoms with Crippen molar-refractivity contribution in [2.45, 2.75) is 11.8 Å². The van der Waals surface area contributed by atoms with Crippen molar-refractivity contribution in [2.24, 2.45) is 0 Å². The number of carbonyl (C=O) groups is 1. The number of hydrogen-bond donors (Lipinski definition) is 1. The van der Waals surface area contributed by atoms with Crippen LogP contribution in [-0.4, -0.2) is 41.9 Å². The number of nitrogens with one attached hydrogen (secondary N) is 1. The fraction of sp³-hybridized carbons (Fsp3) is 0.208. The molecule has 1 N–H and O–H groups in total. The van der Waals surface area contributed by atoms with E-state index in [1.54, 1.807) is 61.5 Å². The Morgan fingerprint density at radius 3 is 2.41 bits per heavy atom. The molecule has 0 saturated carbocycles. The molecule has 0 bridgehead atoms. The minimum absolute atomic E-state index is 0.0401. The normalized spacial score (nSPS) is 12.2. The number of carbonyl (C=O) groups excluding carboxylic acids is 1. The van der Waals surface area contributed by atoms with Gasteiger partial charge in [0, 0.05) is 11.8 Å². The molecule has 34 heavy (non-hydrogen) atoms. The number of hydrogen-bond acceptors (Lipinski definition) is 7. The molecule has 0 unspecified atom stereocenters. The number of ether oxygens (including phenoxy) is 4. The van der Waals surface area contributed by atoms with E-state index in [1.165, 1.54) is 20.3 Å². The molecule has 0 spiro atoms. The van der Waals surface area contributed by atoms with Gasteiger partial charge in [-0.25, -0.2) is 8.42 Å². The topological polar surface area (TPSA) is 103 Å². The lowest BCUT2D eigenvalue weighted by Gasteiger charge is -2.25. The summed E-state index contributed by atoms with van der Waals surface area (Å²) in [6, 6.07) is 16.2. The summed E-state index contributed by atoms with van der Waals surface area (Å²) < 4.78 is 49.6.